The quantitative estimate of drug-likeness (QED) is 0.136. The highest BCUT2D eigenvalue weighted by molar-refractivity contribution is 5.81. The van der Waals surface area contributed by atoms with Crippen LogP contribution in [0.4, 0.5) is 0 Å². The summed E-state index contributed by atoms with van der Waals surface area (Å²) in [6.07, 6.45) is 3.66. The Balaban J connectivity index is 0.737. The minimum Gasteiger partial charge on any atom is -0.256 e. The SMILES string of the molecule is c1ccc(-c2nc(-c3ccc(-c4ccc5c(c4)C4c6ccccc6C5c5cc(-c6ccc(-c7cc(-c8cccc(-c9ccccn9)c8)nc(-c8ccccc8)n7)cc6)ccc54)cc3)cc(-c3cccc(-c4ccccn4)c3)n2)cc1. The van der Waals surface area contributed by atoms with Gasteiger partial charge in [-0.15, -0.1) is 0 Å². The predicted molar refractivity (Wildman–Crippen MR) is 322 cm³/mol. The van der Waals surface area contributed by atoms with E-state index < -0.39 is 0 Å². The molecule has 6 nitrogen and oxygen atoms in total. The van der Waals surface area contributed by atoms with Crippen molar-refractivity contribution in [1.82, 2.24) is 29.9 Å². The summed E-state index contributed by atoms with van der Waals surface area (Å²) in [5.74, 6) is 1.62. The van der Waals surface area contributed by atoms with Crippen molar-refractivity contribution in [3.05, 3.63) is 313 Å². The number of nitrogens with zero attached hydrogens (tertiary/aromatic N) is 6. The molecule has 3 aliphatic carbocycles. The van der Waals surface area contributed by atoms with Gasteiger partial charge in [0.05, 0.1) is 34.2 Å². The number of hydrogen-bond acceptors (Lipinski definition) is 6. The average Bonchev–Trinajstić information content (AvgIpc) is 3.67. The van der Waals surface area contributed by atoms with Crippen LogP contribution in [0.2, 0.25) is 0 Å². The Kier molecular flexibility index (Phi) is 11.6. The molecule has 80 heavy (non-hydrogen) atoms. The van der Waals surface area contributed by atoms with Gasteiger partial charge in [0.25, 0.3) is 0 Å². The second-order valence-electron chi connectivity index (χ2n) is 20.6. The van der Waals surface area contributed by atoms with Gasteiger partial charge < -0.3 is 0 Å². The largest absolute Gasteiger partial charge is 0.256 e. The molecule has 0 aliphatic heterocycles. The Hall–Kier alpha value is -10.6. The zero-order chi connectivity index (χ0) is 52.9. The molecule has 16 rings (SSSR count). The van der Waals surface area contributed by atoms with Crippen molar-refractivity contribution >= 4 is 0 Å². The summed E-state index contributed by atoms with van der Waals surface area (Å²) in [4.78, 5) is 29.8. The molecule has 0 radical (unpaired) electrons. The van der Waals surface area contributed by atoms with E-state index in [1.807, 2.05) is 85.2 Å². The Morgan fingerprint density at radius 2 is 0.512 bits per heavy atom. The second kappa shape index (κ2) is 19.8. The highest BCUT2D eigenvalue weighted by Crippen LogP contribution is 2.57. The third-order valence-electron chi connectivity index (χ3n) is 15.8. The maximum Gasteiger partial charge on any atom is 0.160 e. The molecule has 2 atom stereocenters. The molecule has 0 N–H and O–H groups in total. The van der Waals surface area contributed by atoms with Gasteiger partial charge in [0.15, 0.2) is 11.6 Å². The lowest BCUT2D eigenvalue weighted by Crippen LogP contribution is -2.27. The van der Waals surface area contributed by atoms with E-state index in [2.05, 4.69) is 204 Å². The molecular formula is C74H48N6. The number of benzene rings is 9. The summed E-state index contributed by atoms with van der Waals surface area (Å²) in [7, 11) is 0. The van der Waals surface area contributed by atoms with Gasteiger partial charge in [-0.05, 0) is 116 Å². The summed E-state index contributed by atoms with van der Waals surface area (Å²) in [5.41, 5.74) is 26.4. The van der Waals surface area contributed by atoms with Gasteiger partial charge >= 0.3 is 0 Å². The standard InChI is InChI=1S/C74H48N6/c1-3-15-51(16-4-1)73-77-67(45-69(79-73)57-21-13-19-55(41-57)65-25-9-11-39-75-65)49-31-27-47(28-32-49)53-35-37-61-63(43-53)71-59-23-7-8-24-60(59)72(61)64-44-54(36-38-62(64)71)48-29-33-50(34-30-48)68-46-70(80-74(78-68)52-17-5-2-6-18-52)58-22-14-20-56(42-58)66-26-10-12-40-76-66/h1-46,71-72H. The number of pyridine rings is 2. The minimum atomic E-state index is 0.124. The fourth-order valence-electron chi connectivity index (χ4n) is 11.9. The molecule has 0 amide bonds. The predicted octanol–water partition coefficient (Wildman–Crippen LogP) is 17.7. The van der Waals surface area contributed by atoms with E-state index in [0.29, 0.717) is 11.6 Å². The van der Waals surface area contributed by atoms with Crippen molar-refractivity contribution in [3.63, 3.8) is 0 Å². The van der Waals surface area contributed by atoms with Gasteiger partial charge in [0, 0.05) is 68.7 Å². The summed E-state index contributed by atoms with van der Waals surface area (Å²) in [6.45, 7) is 0. The normalized spacial score (nSPS) is 13.8. The molecule has 0 saturated carbocycles. The molecule has 6 heteroatoms. The number of aromatic nitrogens is 6. The second-order valence-corrected chi connectivity index (χ2v) is 20.6. The summed E-state index contributed by atoms with van der Waals surface area (Å²) in [6, 6.07) is 94.5. The van der Waals surface area contributed by atoms with E-state index in [1.165, 1.54) is 44.5 Å². The van der Waals surface area contributed by atoms with Gasteiger partial charge in [0.1, 0.15) is 0 Å². The van der Waals surface area contributed by atoms with Crippen molar-refractivity contribution < 1.29 is 0 Å². The van der Waals surface area contributed by atoms with Crippen LogP contribution in [0, 0.1) is 0 Å². The van der Waals surface area contributed by atoms with Gasteiger partial charge in [0.2, 0.25) is 0 Å². The molecule has 0 saturated heterocycles. The van der Waals surface area contributed by atoms with Gasteiger partial charge in [-0.3, -0.25) is 9.97 Å². The lowest BCUT2D eigenvalue weighted by atomic mass is 9.60. The molecule has 0 fully saturated rings. The smallest absolute Gasteiger partial charge is 0.160 e. The van der Waals surface area contributed by atoms with Crippen LogP contribution in [0.5, 0.6) is 0 Å². The van der Waals surface area contributed by atoms with Crippen LogP contribution in [0.3, 0.4) is 0 Å². The first-order valence-corrected chi connectivity index (χ1v) is 27.1. The van der Waals surface area contributed by atoms with Crippen molar-refractivity contribution in [2.24, 2.45) is 0 Å². The summed E-state index contributed by atoms with van der Waals surface area (Å²) >= 11 is 0. The van der Waals surface area contributed by atoms with E-state index in [9.17, 15) is 0 Å². The van der Waals surface area contributed by atoms with Crippen molar-refractivity contribution in [2.75, 3.05) is 0 Å². The maximum atomic E-state index is 5.16. The zero-order valence-corrected chi connectivity index (χ0v) is 43.4. The Bertz CT molecular complexity index is 4160. The molecule has 9 aromatic carbocycles. The molecule has 4 aromatic heterocycles. The van der Waals surface area contributed by atoms with E-state index in [4.69, 9.17) is 19.9 Å². The highest BCUT2D eigenvalue weighted by atomic mass is 14.9. The first-order chi connectivity index (χ1) is 39.6. The van der Waals surface area contributed by atoms with E-state index in [-0.39, 0.29) is 11.8 Å². The van der Waals surface area contributed by atoms with Crippen LogP contribution in [0.25, 0.3) is 113 Å². The monoisotopic (exact) mass is 1020 g/mol. The summed E-state index contributed by atoms with van der Waals surface area (Å²) in [5, 5.41) is 0. The zero-order valence-electron chi connectivity index (χ0n) is 43.4. The maximum absolute atomic E-state index is 5.16. The molecule has 4 heterocycles. The number of hydrogen-bond donors (Lipinski definition) is 0. The first kappa shape index (κ1) is 46.7. The van der Waals surface area contributed by atoms with E-state index in [1.54, 1.807) is 0 Å². The van der Waals surface area contributed by atoms with Crippen LogP contribution in [-0.4, -0.2) is 29.9 Å². The topological polar surface area (TPSA) is 77.3 Å². The summed E-state index contributed by atoms with van der Waals surface area (Å²) < 4.78 is 0. The van der Waals surface area contributed by atoms with Crippen molar-refractivity contribution in [2.45, 2.75) is 11.8 Å². The highest BCUT2D eigenvalue weighted by Gasteiger charge is 2.41. The van der Waals surface area contributed by atoms with E-state index >= 15 is 0 Å². The third kappa shape index (κ3) is 8.56. The lowest BCUT2D eigenvalue weighted by molar-refractivity contribution is 0.755. The number of rotatable bonds is 10. The molecular weight excluding hydrogens is 973 g/mol. The Labute approximate surface area is 464 Å². The Morgan fingerprint density at radius 3 is 0.912 bits per heavy atom. The van der Waals surface area contributed by atoms with Crippen LogP contribution in [0.1, 0.15) is 45.2 Å². The van der Waals surface area contributed by atoms with E-state index in [0.717, 1.165) is 89.8 Å². The fraction of sp³-hybridized carbons (Fsp3) is 0.0270. The van der Waals surface area contributed by atoms with Crippen LogP contribution >= 0.6 is 0 Å². The first-order valence-electron chi connectivity index (χ1n) is 27.1. The molecule has 2 unspecified atom stereocenters. The van der Waals surface area contributed by atoms with Crippen molar-refractivity contribution in [3.8, 4) is 113 Å². The molecule has 374 valence electrons. The third-order valence-corrected chi connectivity index (χ3v) is 15.8. The molecule has 13 aromatic rings. The Morgan fingerprint density at radius 1 is 0.188 bits per heavy atom. The average molecular weight is 1020 g/mol. The van der Waals surface area contributed by atoms with Crippen LogP contribution < -0.4 is 0 Å². The fourth-order valence-corrected chi connectivity index (χ4v) is 11.9. The van der Waals surface area contributed by atoms with Crippen molar-refractivity contribution in [1.29, 1.82) is 0 Å². The molecule has 0 spiro atoms. The van der Waals surface area contributed by atoms with Gasteiger partial charge in [-0.1, -0.05) is 206 Å². The lowest BCUT2D eigenvalue weighted by Gasteiger charge is -2.42. The molecule has 3 aliphatic rings. The van der Waals surface area contributed by atoms with Crippen LogP contribution in [0.15, 0.2) is 279 Å². The van der Waals surface area contributed by atoms with Crippen LogP contribution in [-0.2, 0) is 0 Å². The van der Waals surface area contributed by atoms with Gasteiger partial charge in [-0.2, -0.15) is 0 Å². The minimum absolute atomic E-state index is 0.124. The van der Waals surface area contributed by atoms with Gasteiger partial charge in [-0.25, -0.2) is 19.9 Å². The molecule has 2 bridgehead atoms.